The zero-order valence-corrected chi connectivity index (χ0v) is 18.5. The van der Waals surface area contributed by atoms with E-state index in [9.17, 15) is 4.79 Å². The largest absolute Gasteiger partial charge is 0.354 e. The number of hydrogen-bond acceptors (Lipinski definition) is 3. The van der Waals surface area contributed by atoms with Gasteiger partial charge in [0.25, 0.3) is 0 Å². The van der Waals surface area contributed by atoms with Crippen LogP contribution in [-0.2, 0) is 17.8 Å². The number of nitrogens with zero attached hydrogens (tertiary/aromatic N) is 4. The van der Waals surface area contributed by atoms with Gasteiger partial charge in [0.05, 0.1) is 0 Å². The summed E-state index contributed by atoms with van der Waals surface area (Å²) in [6.07, 6.45) is 9.32. The second kappa shape index (κ2) is 10.6. The number of benzene rings is 1. The summed E-state index contributed by atoms with van der Waals surface area (Å²) in [6.45, 7) is 5.26. The van der Waals surface area contributed by atoms with Crippen LogP contribution in [-0.4, -0.2) is 58.0 Å². The molecule has 1 aliphatic rings. The van der Waals surface area contributed by atoms with Gasteiger partial charge in [-0.3, -0.25) is 14.7 Å². The van der Waals surface area contributed by atoms with Gasteiger partial charge < -0.3 is 9.47 Å². The standard InChI is InChI=1S/C25H29ClN4O/c26-24-5-3-22(4-6-24)23(20-29-12-1-2-13-29)19-25(31)30-17-15-28(16-18-30)14-9-21-7-10-27-11-8-21/h1-8,10-13,23H,9,14-20H2/t23-/m1/s1. The molecule has 3 heterocycles. The molecule has 6 heteroatoms. The van der Waals surface area contributed by atoms with E-state index in [1.54, 1.807) is 0 Å². The van der Waals surface area contributed by atoms with E-state index in [2.05, 4.69) is 39.0 Å². The number of pyridine rings is 1. The average molecular weight is 437 g/mol. The first-order valence-electron chi connectivity index (χ1n) is 10.9. The molecule has 2 aromatic heterocycles. The number of carbonyl (C=O) groups is 1. The van der Waals surface area contributed by atoms with Crippen LogP contribution in [0.3, 0.4) is 0 Å². The third-order valence-electron chi connectivity index (χ3n) is 6.05. The Kier molecular flexibility index (Phi) is 7.39. The molecule has 0 radical (unpaired) electrons. The smallest absolute Gasteiger partial charge is 0.223 e. The van der Waals surface area contributed by atoms with E-state index in [1.807, 2.05) is 53.7 Å². The van der Waals surface area contributed by atoms with Crippen LogP contribution in [0.15, 0.2) is 73.3 Å². The highest BCUT2D eigenvalue weighted by Crippen LogP contribution is 2.25. The first-order chi connectivity index (χ1) is 15.2. The number of hydrogen-bond donors (Lipinski definition) is 0. The molecule has 162 valence electrons. The van der Waals surface area contributed by atoms with Crippen molar-refractivity contribution >= 4 is 17.5 Å². The summed E-state index contributed by atoms with van der Waals surface area (Å²) in [5, 5.41) is 0.720. The molecule has 5 nitrogen and oxygen atoms in total. The van der Waals surface area contributed by atoms with E-state index >= 15 is 0 Å². The predicted octanol–water partition coefficient (Wildman–Crippen LogP) is 4.10. The van der Waals surface area contributed by atoms with Crippen molar-refractivity contribution in [2.45, 2.75) is 25.3 Å². The van der Waals surface area contributed by atoms with Gasteiger partial charge in [0.15, 0.2) is 0 Å². The second-order valence-electron chi connectivity index (χ2n) is 8.16. The van der Waals surface area contributed by atoms with Crippen molar-refractivity contribution < 1.29 is 4.79 Å². The summed E-state index contributed by atoms with van der Waals surface area (Å²) in [5.41, 5.74) is 2.46. The minimum Gasteiger partial charge on any atom is -0.354 e. The van der Waals surface area contributed by atoms with Crippen LogP contribution in [0.1, 0.15) is 23.5 Å². The lowest BCUT2D eigenvalue weighted by atomic mass is 9.94. The third-order valence-corrected chi connectivity index (χ3v) is 6.30. The van der Waals surface area contributed by atoms with E-state index < -0.39 is 0 Å². The second-order valence-corrected chi connectivity index (χ2v) is 8.60. The number of piperazine rings is 1. The number of carbonyl (C=O) groups excluding carboxylic acids is 1. The molecule has 0 aliphatic carbocycles. The first-order valence-corrected chi connectivity index (χ1v) is 11.3. The summed E-state index contributed by atoms with van der Waals surface area (Å²) in [6, 6.07) is 16.1. The Morgan fingerprint density at radius 1 is 0.968 bits per heavy atom. The van der Waals surface area contributed by atoms with Gasteiger partial charge in [-0.1, -0.05) is 23.7 Å². The molecule has 31 heavy (non-hydrogen) atoms. The van der Waals surface area contributed by atoms with E-state index in [4.69, 9.17) is 11.6 Å². The van der Waals surface area contributed by atoms with Gasteiger partial charge >= 0.3 is 0 Å². The normalized spacial score (nSPS) is 15.7. The molecule has 1 saturated heterocycles. The Balaban J connectivity index is 1.31. The number of aromatic nitrogens is 2. The summed E-state index contributed by atoms with van der Waals surface area (Å²) in [5.74, 6) is 0.364. The molecule has 0 unspecified atom stereocenters. The molecule has 1 aromatic carbocycles. The monoisotopic (exact) mass is 436 g/mol. The van der Waals surface area contributed by atoms with E-state index in [-0.39, 0.29) is 11.8 Å². The fraction of sp³-hybridized carbons (Fsp3) is 0.360. The van der Waals surface area contributed by atoms with Crippen molar-refractivity contribution in [3.63, 3.8) is 0 Å². The fourth-order valence-corrected chi connectivity index (χ4v) is 4.29. The topological polar surface area (TPSA) is 41.4 Å². The van der Waals surface area contributed by atoms with E-state index in [0.29, 0.717) is 6.42 Å². The van der Waals surface area contributed by atoms with Crippen LogP contribution in [0.4, 0.5) is 0 Å². The maximum atomic E-state index is 13.1. The molecule has 0 saturated carbocycles. The number of rotatable bonds is 8. The highest BCUT2D eigenvalue weighted by atomic mass is 35.5. The molecular weight excluding hydrogens is 408 g/mol. The highest BCUT2D eigenvalue weighted by Gasteiger charge is 2.24. The quantitative estimate of drug-likeness (QED) is 0.534. The van der Waals surface area contributed by atoms with Crippen molar-refractivity contribution in [3.8, 4) is 0 Å². The van der Waals surface area contributed by atoms with Crippen molar-refractivity contribution in [2.24, 2.45) is 0 Å². The highest BCUT2D eigenvalue weighted by molar-refractivity contribution is 6.30. The Morgan fingerprint density at radius 3 is 2.32 bits per heavy atom. The Labute approximate surface area is 189 Å². The lowest BCUT2D eigenvalue weighted by Crippen LogP contribution is -2.49. The number of halogens is 1. The van der Waals surface area contributed by atoms with Crippen molar-refractivity contribution in [2.75, 3.05) is 32.7 Å². The summed E-state index contributed by atoms with van der Waals surface area (Å²) in [4.78, 5) is 21.7. The summed E-state index contributed by atoms with van der Waals surface area (Å²) >= 11 is 6.08. The maximum Gasteiger partial charge on any atom is 0.223 e. The van der Waals surface area contributed by atoms with Crippen LogP contribution in [0.25, 0.3) is 0 Å². The van der Waals surface area contributed by atoms with E-state index in [0.717, 1.165) is 56.3 Å². The van der Waals surface area contributed by atoms with Crippen LogP contribution >= 0.6 is 11.6 Å². The fourth-order valence-electron chi connectivity index (χ4n) is 4.17. The lowest BCUT2D eigenvalue weighted by molar-refractivity contribution is -0.133. The number of amides is 1. The van der Waals surface area contributed by atoms with Crippen LogP contribution in [0.2, 0.25) is 5.02 Å². The van der Waals surface area contributed by atoms with Crippen molar-refractivity contribution in [3.05, 3.63) is 89.5 Å². The first kappa shape index (κ1) is 21.6. The zero-order valence-electron chi connectivity index (χ0n) is 17.7. The van der Waals surface area contributed by atoms with Gasteiger partial charge in [-0.25, -0.2) is 0 Å². The molecule has 4 rings (SSSR count). The predicted molar refractivity (Wildman–Crippen MR) is 124 cm³/mol. The molecule has 3 aromatic rings. The van der Waals surface area contributed by atoms with Gasteiger partial charge in [-0.05, 0) is 53.9 Å². The Morgan fingerprint density at radius 2 is 1.65 bits per heavy atom. The SMILES string of the molecule is O=C(C[C@H](Cn1cccc1)c1ccc(Cl)cc1)N1CCN(CCc2ccncc2)CC1. The molecule has 1 aliphatic heterocycles. The van der Waals surface area contributed by atoms with Crippen molar-refractivity contribution in [1.82, 2.24) is 19.4 Å². The molecule has 0 spiro atoms. The molecular formula is C25H29ClN4O. The van der Waals surface area contributed by atoms with Crippen molar-refractivity contribution in [1.29, 1.82) is 0 Å². The van der Waals surface area contributed by atoms with Crippen LogP contribution in [0.5, 0.6) is 0 Å². The van der Waals surface area contributed by atoms with Gasteiger partial charge in [-0.15, -0.1) is 0 Å². The van der Waals surface area contributed by atoms with Crippen LogP contribution < -0.4 is 0 Å². The third kappa shape index (κ3) is 6.18. The maximum absolute atomic E-state index is 13.1. The minimum atomic E-state index is 0.127. The van der Waals surface area contributed by atoms with E-state index in [1.165, 1.54) is 5.56 Å². The Hall–Kier alpha value is -2.63. The van der Waals surface area contributed by atoms with Crippen LogP contribution in [0, 0.1) is 0 Å². The molecule has 0 N–H and O–H groups in total. The van der Waals surface area contributed by atoms with Gasteiger partial charge in [-0.2, -0.15) is 0 Å². The average Bonchev–Trinajstić information content (AvgIpc) is 3.32. The summed E-state index contributed by atoms with van der Waals surface area (Å²) in [7, 11) is 0. The minimum absolute atomic E-state index is 0.127. The molecule has 0 bridgehead atoms. The zero-order chi connectivity index (χ0) is 21.5. The Bertz CT molecular complexity index is 935. The summed E-state index contributed by atoms with van der Waals surface area (Å²) < 4.78 is 2.14. The van der Waals surface area contributed by atoms with Gasteiger partial charge in [0, 0.05) is 81.4 Å². The van der Waals surface area contributed by atoms with Gasteiger partial charge in [0.2, 0.25) is 5.91 Å². The molecule has 1 amide bonds. The lowest BCUT2D eigenvalue weighted by Gasteiger charge is -2.35. The van der Waals surface area contributed by atoms with Gasteiger partial charge in [0.1, 0.15) is 0 Å². The molecule has 1 fully saturated rings. The molecule has 1 atom stereocenters.